The molecule has 20 heavy (non-hydrogen) atoms. The first-order valence-electron chi connectivity index (χ1n) is 7.61. The first-order chi connectivity index (χ1) is 9.53. The molecule has 0 aromatic heterocycles. The van der Waals surface area contributed by atoms with Crippen molar-refractivity contribution in [3.05, 3.63) is 29.3 Å². The number of carboxylic acids is 1. The Bertz CT molecular complexity index is 482. The lowest BCUT2D eigenvalue weighted by atomic mass is 9.72. The average Bonchev–Trinajstić information content (AvgIpc) is 2.34. The van der Waals surface area contributed by atoms with Gasteiger partial charge in [0, 0.05) is 18.5 Å². The van der Waals surface area contributed by atoms with Crippen molar-refractivity contribution in [3.8, 4) is 0 Å². The number of hydrogen-bond donors (Lipinski definition) is 1. The van der Waals surface area contributed by atoms with Crippen LogP contribution in [0.3, 0.4) is 0 Å². The Hall–Kier alpha value is -1.51. The fourth-order valence-electron chi connectivity index (χ4n) is 3.63. The third kappa shape index (κ3) is 2.67. The molecule has 1 saturated heterocycles. The number of hydrogen-bond acceptors (Lipinski definition) is 2. The van der Waals surface area contributed by atoms with Crippen molar-refractivity contribution in [3.63, 3.8) is 0 Å². The zero-order valence-electron chi connectivity index (χ0n) is 12.8. The van der Waals surface area contributed by atoms with Gasteiger partial charge in [0.1, 0.15) is 0 Å². The van der Waals surface area contributed by atoms with Gasteiger partial charge in [0.2, 0.25) is 0 Å². The smallest absolute Gasteiger partial charge is 0.338 e. The molecule has 1 aliphatic rings. The van der Waals surface area contributed by atoms with Crippen LogP contribution in [0.15, 0.2) is 18.2 Å². The van der Waals surface area contributed by atoms with Gasteiger partial charge in [-0.05, 0) is 31.4 Å². The number of nitrogens with zero attached hydrogens (tertiary/aromatic N) is 1. The van der Waals surface area contributed by atoms with Crippen LogP contribution in [0.2, 0.25) is 0 Å². The van der Waals surface area contributed by atoms with E-state index in [2.05, 4.69) is 18.7 Å². The van der Waals surface area contributed by atoms with E-state index in [-0.39, 0.29) is 0 Å². The summed E-state index contributed by atoms with van der Waals surface area (Å²) < 4.78 is 0. The van der Waals surface area contributed by atoms with Crippen molar-refractivity contribution in [2.75, 3.05) is 18.0 Å². The lowest BCUT2D eigenvalue weighted by Crippen LogP contribution is -2.56. The maximum atomic E-state index is 11.5. The molecule has 1 aromatic carbocycles. The van der Waals surface area contributed by atoms with E-state index in [0.717, 1.165) is 24.3 Å². The summed E-state index contributed by atoms with van der Waals surface area (Å²) in [7, 11) is 0. The molecule has 3 heteroatoms. The van der Waals surface area contributed by atoms with Gasteiger partial charge >= 0.3 is 5.97 Å². The fourth-order valence-corrected chi connectivity index (χ4v) is 3.63. The van der Waals surface area contributed by atoms with Crippen LogP contribution in [0.5, 0.6) is 0 Å². The van der Waals surface area contributed by atoms with E-state index in [4.69, 9.17) is 0 Å². The van der Waals surface area contributed by atoms with Crippen molar-refractivity contribution in [2.45, 2.75) is 46.5 Å². The highest BCUT2D eigenvalue weighted by atomic mass is 16.4. The lowest BCUT2D eigenvalue weighted by molar-refractivity contribution is 0.0695. The van der Waals surface area contributed by atoms with Gasteiger partial charge in [-0.3, -0.25) is 0 Å². The number of rotatable bonds is 6. The van der Waals surface area contributed by atoms with Gasteiger partial charge in [-0.25, -0.2) is 4.79 Å². The number of carbonyl (C=O) groups is 1. The minimum atomic E-state index is -0.818. The van der Waals surface area contributed by atoms with E-state index >= 15 is 0 Å². The quantitative estimate of drug-likeness (QED) is 0.849. The molecule has 1 heterocycles. The summed E-state index contributed by atoms with van der Waals surface area (Å²) in [5.74, 6) is -0.818. The third-order valence-electron chi connectivity index (χ3n) is 4.42. The summed E-state index contributed by atoms with van der Waals surface area (Å²) in [6.07, 6.45) is 4.89. The van der Waals surface area contributed by atoms with Gasteiger partial charge in [0.15, 0.2) is 0 Å². The lowest BCUT2D eigenvalue weighted by Gasteiger charge is -2.52. The number of aryl methyl sites for hydroxylation is 1. The number of anilines is 1. The standard InChI is InChI=1S/C17H25NO2/c1-4-9-17(10-5-2)11-18(12-17)14-8-6-7-13(3)15(14)16(19)20/h6-8H,4-5,9-12H2,1-3H3,(H,19,20). The van der Waals surface area contributed by atoms with Crippen molar-refractivity contribution in [1.29, 1.82) is 0 Å². The molecular formula is C17H25NO2. The van der Waals surface area contributed by atoms with Crippen LogP contribution in [0.1, 0.15) is 55.5 Å². The largest absolute Gasteiger partial charge is 0.478 e. The van der Waals surface area contributed by atoms with Crippen LogP contribution in [0, 0.1) is 12.3 Å². The van der Waals surface area contributed by atoms with E-state index in [1.807, 2.05) is 25.1 Å². The minimum absolute atomic E-state index is 0.406. The number of aromatic carboxylic acids is 1. The normalized spacial score (nSPS) is 16.9. The molecule has 1 fully saturated rings. The molecular weight excluding hydrogens is 250 g/mol. The average molecular weight is 275 g/mol. The maximum absolute atomic E-state index is 11.5. The second-order valence-corrected chi connectivity index (χ2v) is 6.13. The van der Waals surface area contributed by atoms with Crippen LogP contribution in [-0.2, 0) is 0 Å². The van der Waals surface area contributed by atoms with Crippen molar-refractivity contribution < 1.29 is 9.90 Å². The molecule has 110 valence electrons. The van der Waals surface area contributed by atoms with Crippen LogP contribution < -0.4 is 4.90 Å². The first-order valence-corrected chi connectivity index (χ1v) is 7.61. The topological polar surface area (TPSA) is 40.5 Å². The Kier molecular flexibility index (Phi) is 4.36. The Labute approximate surface area is 121 Å². The summed E-state index contributed by atoms with van der Waals surface area (Å²) in [5, 5.41) is 9.43. The Morgan fingerprint density at radius 3 is 2.35 bits per heavy atom. The van der Waals surface area contributed by atoms with Gasteiger partial charge in [-0.1, -0.05) is 38.8 Å². The Morgan fingerprint density at radius 2 is 1.85 bits per heavy atom. The second kappa shape index (κ2) is 5.86. The summed E-state index contributed by atoms with van der Waals surface area (Å²) in [6, 6.07) is 5.77. The molecule has 3 nitrogen and oxygen atoms in total. The van der Waals surface area contributed by atoms with Gasteiger partial charge in [0.25, 0.3) is 0 Å². The number of carboxylic acid groups (broad SMARTS) is 1. The SMILES string of the molecule is CCCC1(CCC)CN(c2cccc(C)c2C(=O)O)C1. The highest BCUT2D eigenvalue weighted by Gasteiger charge is 2.42. The van der Waals surface area contributed by atoms with E-state index in [1.165, 1.54) is 25.7 Å². The van der Waals surface area contributed by atoms with Crippen LogP contribution in [0.25, 0.3) is 0 Å². The fraction of sp³-hybridized carbons (Fsp3) is 0.588. The molecule has 1 N–H and O–H groups in total. The highest BCUT2D eigenvalue weighted by molar-refractivity contribution is 5.96. The molecule has 1 aromatic rings. The predicted molar refractivity (Wildman–Crippen MR) is 82.6 cm³/mol. The molecule has 0 radical (unpaired) electrons. The van der Waals surface area contributed by atoms with Crippen LogP contribution in [-0.4, -0.2) is 24.2 Å². The van der Waals surface area contributed by atoms with Gasteiger partial charge < -0.3 is 10.0 Å². The zero-order valence-corrected chi connectivity index (χ0v) is 12.8. The molecule has 0 atom stereocenters. The second-order valence-electron chi connectivity index (χ2n) is 6.13. The van der Waals surface area contributed by atoms with E-state index in [1.54, 1.807) is 0 Å². The van der Waals surface area contributed by atoms with E-state index in [0.29, 0.717) is 11.0 Å². The predicted octanol–water partition coefficient (Wildman–Crippen LogP) is 4.10. The molecule has 2 rings (SSSR count). The summed E-state index contributed by atoms with van der Waals surface area (Å²) in [5.41, 5.74) is 2.61. The van der Waals surface area contributed by atoms with Crippen molar-refractivity contribution >= 4 is 11.7 Å². The van der Waals surface area contributed by atoms with Gasteiger partial charge in [-0.2, -0.15) is 0 Å². The first kappa shape index (κ1) is 14.9. The van der Waals surface area contributed by atoms with Crippen molar-refractivity contribution in [2.24, 2.45) is 5.41 Å². The summed E-state index contributed by atoms with van der Waals surface area (Å²) >= 11 is 0. The monoisotopic (exact) mass is 275 g/mol. The summed E-state index contributed by atoms with van der Waals surface area (Å²) in [4.78, 5) is 13.7. The third-order valence-corrected chi connectivity index (χ3v) is 4.42. The molecule has 0 aliphatic carbocycles. The van der Waals surface area contributed by atoms with Gasteiger partial charge in [-0.15, -0.1) is 0 Å². The summed E-state index contributed by atoms with van der Waals surface area (Å²) in [6.45, 7) is 8.33. The molecule has 1 aliphatic heterocycles. The number of benzene rings is 1. The molecule has 0 amide bonds. The minimum Gasteiger partial charge on any atom is -0.478 e. The molecule has 0 bridgehead atoms. The van der Waals surface area contributed by atoms with Crippen LogP contribution >= 0.6 is 0 Å². The highest BCUT2D eigenvalue weighted by Crippen LogP contribution is 2.43. The Morgan fingerprint density at radius 1 is 1.25 bits per heavy atom. The van der Waals surface area contributed by atoms with Gasteiger partial charge in [0.05, 0.1) is 11.3 Å². The molecule has 0 saturated carbocycles. The van der Waals surface area contributed by atoms with E-state index in [9.17, 15) is 9.90 Å². The van der Waals surface area contributed by atoms with E-state index < -0.39 is 5.97 Å². The molecule has 0 unspecified atom stereocenters. The maximum Gasteiger partial charge on any atom is 0.338 e. The zero-order chi connectivity index (χ0) is 14.8. The molecule has 0 spiro atoms. The van der Waals surface area contributed by atoms with Crippen LogP contribution in [0.4, 0.5) is 5.69 Å². The van der Waals surface area contributed by atoms with Crippen molar-refractivity contribution in [1.82, 2.24) is 0 Å². The Balaban J connectivity index is 2.20.